The van der Waals surface area contributed by atoms with E-state index in [1.54, 1.807) is 0 Å². The third kappa shape index (κ3) is 4.15. The molecule has 22 heavy (non-hydrogen) atoms. The molecule has 2 heterocycles. The molecule has 2 aromatic rings. The molecule has 2 rings (SSSR count). The van der Waals surface area contributed by atoms with Crippen molar-refractivity contribution in [1.82, 2.24) is 15.4 Å². The molecule has 0 bridgehead atoms. The molecule has 0 fully saturated rings. The van der Waals surface area contributed by atoms with Crippen molar-refractivity contribution >= 4 is 12.6 Å². The minimum atomic E-state index is 0.191. The molecule has 122 valence electrons. The van der Waals surface area contributed by atoms with Crippen LogP contribution in [-0.4, -0.2) is 15.4 Å². The van der Waals surface area contributed by atoms with Gasteiger partial charge in [-0.1, -0.05) is 32.9 Å². The first kappa shape index (κ1) is 17.1. The Morgan fingerprint density at radius 2 is 1.73 bits per heavy atom. The maximum Gasteiger partial charge on any atom is 0.139 e. The van der Waals surface area contributed by atoms with Gasteiger partial charge in [-0.05, 0) is 31.7 Å². The minimum Gasteiger partial charge on any atom is -0.361 e. The number of hydrogen-bond acceptors (Lipinski definition) is 4. The lowest BCUT2D eigenvalue weighted by molar-refractivity contribution is 0.349. The Morgan fingerprint density at radius 3 is 2.27 bits per heavy atom. The number of rotatable bonds is 7. The summed E-state index contributed by atoms with van der Waals surface area (Å²) in [4.78, 5) is 0. The van der Waals surface area contributed by atoms with E-state index in [1.165, 1.54) is 0 Å². The van der Waals surface area contributed by atoms with Gasteiger partial charge in [-0.3, -0.25) is 5.10 Å². The maximum absolute atomic E-state index is 5.48. The van der Waals surface area contributed by atoms with Gasteiger partial charge in [0, 0.05) is 28.8 Å². The highest BCUT2D eigenvalue weighted by atomic mass is 32.1. The van der Waals surface area contributed by atoms with Crippen molar-refractivity contribution in [3.8, 4) is 0 Å². The van der Waals surface area contributed by atoms with Crippen molar-refractivity contribution in [2.75, 3.05) is 0 Å². The summed E-state index contributed by atoms with van der Waals surface area (Å²) in [7, 11) is 0. The summed E-state index contributed by atoms with van der Waals surface area (Å²) in [5, 5.41) is 11.8. The standard InChI is InChI=1S/C17H27N3OS/c1-10(2)14-9-17(21-20-14)12(4)7-6-11(3)15-8-16(13(5)22)19-18-15/h8-13,22H,6-7H2,1-5H3,(H,18,19). The van der Waals surface area contributed by atoms with Crippen LogP contribution in [-0.2, 0) is 0 Å². The van der Waals surface area contributed by atoms with Crippen molar-refractivity contribution in [2.45, 2.75) is 70.5 Å². The third-order valence-electron chi connectivity index (χ3n) is 4.23. The van der Waals surface area contributed by atoms with E-state index in [4.69, 9.17) is 4.52 Å². The Kier molecular flexibility index (Phi) is 5.73. The first-order chi connectivity index (χ1) is 10.4. The second-order valence-electron chi connectivity index (χ2n) is 6.61. The van der Waals surface area contributed by atoms with Gasteiger partial charge in [-0.15, -0.1) is 0 Å². The molecule has 3 unspecified atom stereocenters. The van der Waals surface area contributed by atoms with Crippen LogP contribution >= 0.6 is 12.6 Å². The second-order valence-corrected chi connectivity index (χ2v) is 7.39. The molecule has 0 aliphatic heterocycles. The Labute approximate surface area is 138 Å². The lowest BCUT2D eigenvalue weighted by Gasteiger charge is -2.11. The fourth-order valence-corrected chi connectivity index (χ4v) is 2.55. The molecule has 3 atom stereocenters. The summed E-state index contributed by atoms with van der Waals surface area (Å²) >= 11 is 4.43. The summed E-state index contributed by atoms with van der Waals surface area (Å²) in [6.45, 7) is 10.7. The summed E-state index contributed by atoms with van der Waals surface area (Å²) in [5.41, 5.74) is 3.23. The first-order valence-corrected chi connectivity index (χ1v) is 8.59. The van der Waals surface area contributed by atoms with Crippen LogP contribution < -0.4 is 0 Å². The largest absolute Gasteiger partial charge is 0.361 e. The topological polar surface area (TPSA) is 54.7 Å². The van der Waals surface area contributed by atoms with Gasteiger partial charge in [-0.2, -0.15) is 17.7 Å². The Hall–Kier alpha value is -1.23. The third-order valence-corrected chi connectivity index (χ3v) is 4.51. The minimum absolute atomic E-state index is 0.191. The molecule has 0 aliphatic carbocycles. The predicted molar refractivity (Wildman–Crippen MR) is 92.6 cm³/mol. The molecule has 0 amide bonds. The lowest BCUT2D eigenvalue weighted by atomic mass is 9.94. The van der Waals surface area contributed by atoms with Gasteiger partial charge in [0.2, 0.25) is 0 Å². The molecule has 0 aromatic carbocycles. The van der Waals surface area contributed by atoms with Gasteiger partial charge in [0.05, 0.1) is 11.4 Å². The van der Waals surface area contributed by atoms with E-state index in [1.807, 2.05) is 6.92 Å². The molecule has 0 radical (unpaired) electrons. The van der Waals surface area contributed by atoms with E-state index >= 15 is 0 Å². The van der Waals surface area contributed by atoms with Gasteiger partial charge in [0.25, 0.3) is 0 Å². The maximum atomic E-state index is 5.48. The molecule has 5 heteroatoms. The van der Waals surface area contributed by atoms with Crippen LogP contribution in [0.15, 0.2) is 16.7 Å². The van der Waals surface area contributed by atoms with Gasteiger partial charge < -0.3 is 4.52 Å². The van der Waals surface area contributed by atoms with Crippen LogP contribution in [0.3, 0.4) is 0 Å². The van der Waals surface area contributed by atoms with E-state index in [-0.39, 0.29) is 5.25 Å². The lowest BCUT2D eigenvalue weighted by Crippen LogP contribution is -1.99. The molecule has 0 spiro atoms. The van der Waals surface area contributed by atoms with E-state index in [0.717, 1.165) is 35.7 Å². The van der Waals surface area contributed by atoms with E-state index < -0.39 is 0 Å². The molecular formula is C17H27N3OS. The van der Waals surface area contributed by atoms with Crippen LogP contribution in [0.4, 0.5) is 0 Å². The number of H-pyrrole nitrogens is 1. The second kappa shape index (κ2) is 7.36. The van der Waals surface area contributed by atoms with Crippen molar-refractivity contribution in [2.24, 2.45) is 0 Å². The highest BCUT2D eigenvalue weighted by molar-refractivity contribution is 7.80. The number of hydrogen-bond donors (Lipinski definition) is 2. The zero-order chi connectivity index (χ0) is 16.3. The molecule has 0 saturated carbocycles. The number of thiol groups is 1. The SMILES string of the molecule is CC(C)c1cc(C(C)CCC(C)c2cc(C(C)S)[nH]n2)on1. The average Bonchev–Trinajstić information content (AvgIpc) is 3.12. The van der Waals surface area contributed by atoms with Crippen molar-refractivity contribution in [3.63, 3.8) is 0 Å². The van der Waals surface area contributed by atoms with E-state index in [2.05, 4.69) is 67.8 Å². The van der Waals surface area contributed by atoms with Crippen molar-refractivity contribution < 1.29 is 4.52 Å². The monoisotopic (exact) mass is 321 g/mol. The highest BCUT2D eigenvalue weighted by Crippen LogP contribution is 2.29. The van der Waals surface area contributed by atoms with Crippen LogP contribution in [0, 0.1) is 0 Å². The summed E-state index contributed by atoms with van der Waals surface area (Å²) in [6, 6.07) is 4.22. The van der Waals surface area contributed by atoms with Crippen LogP contribution in [0.5, 0.6) is 0 Å². The van der Waals surface area contributed by atoms with Crippen LogP contribution in [0.1, 0.15) is 93.3 Å². The quantitative estimate of drug-likeness (QED) is 0.689. The number of aromatic nitrogens is 3. The summed E-state index contributed by atoms with van der Waals surface area (Å²) in [5.74, 6) is 2.20. The van der Waals surface area contributed by atoms with Crippen molar-refractivity contribution in [3.05, 3.63) is 35.0 Å². The van der Waals surface area contributed by atoms with Gasteiger partial charge in [-0.25, -0.2) is 0 Å². The number of aromatic amines is 1. The highest BCUT2D eigenvalue weighted by Gasteiger charge is 2.17. The van der Waals surface area contributed by atoms with Crippen LogP contribution in [0.25, 0.3) is 0 Å². The summed E-state index contributed by atoms with van der Waals surface area (Å²) in [6.07, 6.45) is 2.14. The normalized spacial score (nSPS) is 16.0. The fourth-order valence-electron chi connectivity index (χ4n) is 2.42. The fraction of sp³-hybridized carbons (Fsp3) is 0.647. The zero-order valence-corrected chi connectivity index (χ0v) is 15.0. The smallest absolute Gasteiger partial charge is 0.139 e. The molecule has 2 aromatic heterocycles. The number of nitrogens with zero attached hydrogens (tertiary/aromatic N) is 2. The van der Waals surface area contributed by atoms with E-state index in [9.17, 15) is 0 Å². The molecule has 4 nitrogen and oxygen atoms in total. The van der Waals surface area contributed by atoms with Gasteiger partial charge in [0.1, 0.15) is 5.76 Å². The van der Waals surface area contributed by atoms with Gasteiger partial charge >= 0.3 is 0 Å². The Bertz CT molecular complexity index is 536. The Morgan fingerprint density at radius 1 is 1.05 bits per heavy atom. The molecule has 1 N–H and O–H groups in total. The Balaban J connectivity index is 1.90. The van der Waals surface area contributed by atoms with E-state index in [0.29, 0.717) is 17.8 Å². The average molecular weight is 321 g/mol. The zero-order valence-electron chi connectivity index (χ0n) is 14.1. The summed E-state index contributed by atoms with van der Waals surface area (Å²) < 4.78 is 5.48. The predicted octanol–water partition coefficient (Wildman–Crippen LogP) is 5.20. The van der Waals surface area contributed by atoms with Crippen LogP contribution in [0.2, 0.25) is 0 Å². The van der Waals surface area contributed by atoms with Gasteiger partial charge in [0.15, 0.2) is 0 Å². The molecular weight excluding hydrogens is 294 g/mol. The number of nitrogens with one attached hydrogen (secondary N) is 1. The van der Waals surface area contributed by atoms with Crippen molar-refractivity contribution in [1.29, 1.82) is 0 Å². The first-order valence-electron chi connectivity index (χ1n) is 8.08. The molecule has 0 aliphatic rings. The molecule has 0 saturated heterocycles.